The number of thiophene rings is 1. The summed E-state index contributed by atoms with van der Waals surface area (Å²) < 4.78 is 2.69. The quantitative estimate of drug-likeness (QED) is 0.173. The molecule has 1 aliphatic carbocycles. The van der Waals surface area contributed by atoms with Gasteiger partial charge in [-0.25, -0.2) is 0 Å². The predicted octanol–water partition coefficient (Wildman–Crippen LogP) is 13.2. The zero-order chi connectivity index (χ0) is 30.6. The molecule has 0 nitrogen and oxygen atoms in total. The van der Waals surface area contributed by atoms with E-state index >= 15 is 0 Å². The van der Waals surface area contributed by atoms with E-state index in [9.17, 15) is 0 Å². The number of rotatable bonds is 2. The lowest BCUT2D eigenvalue weighted by Gasteiger charge is -2.27. The first-order valence-corrected chi connectivity index (χ1v) is 16.9. The van der Waals surface area contributed by atoms with Crippen LogP contribution in [0.4, 0.5) is 0 Å². The van der Waals surface area contributed by atoms with Crippen molar-refractivity contribution in [2.45, 2.75) is 19.3 Å². The fourth-order valence-electron chi connectivity index (χ4n) is 8.61. The van der Waals surface area contributed by atoms with Crippen LogP contribution in [0, 0.1) is 0 Å². The second-order valence-electron chi connectivity index (χ2n) is 13.2. The van der Waals surface area contributed by atoms with Crippen molar-refractivity contribution in [2.24, 2.45) is 0 Å². The summed E-state index contributed by atoms with van der Waals surface area (Å²) in [5.41, 5.74) is 10.7. The molecule has 0 fully saturated rings. The second-order valence-corrected chi connectivity index (χ2v) is 14.2. The van der Waals surface area contributed by atoms with Crippen molar-refractivity contribution in [3.05, 3.63) is 157 Å². The number of hydrogen-bond donors (Lipinski definition) is 0. The lowest BCUT2D eigenvalue weighted by molar-refractivity contribution is 0.668. The van der Waals surface area contributed by atoms with Crippen LogP contribution in [0.3, 0.4) is 0 Å². The van der Waals surface area contributed by atoms with Crippen LogP contribution in [0.2, 0.25) is 0 Å². The van der Waals surface area contributed by atoms with Crippen molar-refractivity contribution in [1.82, 2.24) is 0 Å². The molecule has 0 radical (unpaired) electrons. The Kier molecular flexibility index (Phi) is 5.31. The Morgan fingerprint density at radius 1 is 0.370 bits per heavy atom. The minimum absolute atomic E-state index is 0.161. The third kappa shape index (κ3) is 3.39. The summed E-state index contributed by atoms with van der Waals surface area (Å²) in [5, 5.41) is 10.5. The first kappa shape index (κ1) is 26.0. The zero-order valence-electron chi connectivity index (χ0n) is 25.8. The Morgan fingerprint density at radius 2 is 0.870 bits per heavy atom. The van der Waals surface area contributed by atoms with Gasteiger partial charge in [0.15, 0.2) is 0 Å². The predicted molar refractivity (Wildman–Crippen MR) is 200 cm³/mol. The van der Waals surface area contributed by atoms with Gasteiger partial charge in [-0.1, -0.05) is 153 Å². The smallest absolute Gasteiger partial charge is 0.0434 e. The van der Waals surface area contributed by atoms with Gasteiger partial charge in [0.05, 0.1) is 0 Å². The summed E-state index contributed by atoms with van der Waals surface area (Å²) in [6.45, 7) is 4.85. The SMILES string of the molecule is CC1(C)c2c(cccc2-c2c3ccccc3c(-c3cccc4c3sc3ccccc34)c3ccccc23)-c2ccc3ccccc3c21. The molecule has 1 aliphatic rings. The number of benzene rings is 8. The van der Waals surface area contributed by atoms with Crippen molar-refractivity contribution in [1.29, 1.82) is 0 Å². The molecule has 0 spiro atoms. The third-order valence-corrected chi connectivity index (χ3v) is 11.6. The molecular weight excluding hydrogens is 573 g/mol. The molecule has 1 heterocycles. The summed E-state index contributed by atoms with van der Waals surface area (Å²) in [5.74, 6) is 0. The molecule has 216 valence electrons. The normalized spacial score (nSPS) is 13.6. The van der Waals surface area contributed by atoms with Gasteiger partial charge >= 0.3 is 0 Å². The molecular formula is C45H30S. The highest BCUT2D eigenvalue weighted by Gasteiger charge is 2.39. The second kappa shape index (κ2) is 9.39. The van der Waals surface area contributed by atoms with Crippen LogP contribution in [0.1, 0.15) is 25.0 Å². The molecule has 0 bridgehead atoms. The molecule has 0 amide bonds. The van der Waals surface area contributed by atoms with E-state index < -0.39 is 0 Å². The van der Waals surface area contributed by atoms with E-state index in [1.54, 1.807) is 0 Å². The molecule has 46 heavy (non-hydrogen) atoms. The van der Waals surface area contributed by atoms with Crippen molar-refractivity contribution in [3.63, 3.8) is 0 Å². The zero-order valence-corrected chi connectivity index (χ0v) is 26.6. The van der Waals surface area contributed by atoms with Gasteiger partial charge in [-0.05, 0) is 77.3 Å². The fourth-order valence-corrected chi connectivity index (χ4v) is 9.83. The highest BCUT2D eigenvalue weighted by atomic mass is 32.1. The van der Waals surface area contributed by atoms with E-state index in [0.29, 0.717) is 0 Å². The van der Waals surface area contributed by atoms with Crippen molar-refractivity contribution < 1.29 is 0 Å². The Labute approximate surface area is 272 Å². The monoisotopic (exact) mass is 602 g/mol. The molecule has 0 unspecified atom stereocenters. The fraction of sp³-hybridized carbons (Fsp3) is 0.0667. The number of hydrogen-bond acceptors (Lipinski definition) is 1. The summed E-state index contributed by atoms with van der Waals surface area (Å²) in [4.78, 5) is 0. The van der Waals surface area contributed by atoms with Gasteiger partial charge in [0.2, 0.25) is 0 Å². The molecule has 0 saturated carbocycles. The van der Waals surface area contributed by atoms with E-state index in [-0.39, 0.29) is 5.41 Å². The average Bonchev–Trinajstić information content (AvgIpc) is 3.60. The van der Waals surface area contributed by atoms with Gasteiger partial charge in [0.25, 0.3) is 0 Å². The third-order valence-electron chi connectivity index (χ3n) is 10.4. The summed E-state index contributed by atoms with van der Waals surface area (Å²) in [6, 6.07) is 54.3. The summed E-state index contributed by atoms with van der Waals surface area (Å²) >= 11 is 1.91. The lowest BCUT2D eigenvalue weighted by Crippen LogP contribution is -2.17. The highest BCUT2D eigenvalue weighted by molar-refractivity contribution is 7.26. The number of fused-ring (bicyclic) bond motifs is 10. The van der Waals surface area contributed by atoms with Crippen LogP contribution in [-0.4, -0.2) is 0 Å². The largest absolute Gasteiger partial charge is 0.135 e. The standard InChI is InChI=1S/C45H30S/c1-45(2)42-28-14-4-3-13-27(28)25-26-35(42)34-20-11-22-37(43(34)45)40-30-16-5-7-18-32(30)41(33-19-8-6-17-31(33)40)38-23-12-21-36-29-15-9-10-24-39(29)46-44(36)38/h3-26H,1-2H3. The first-order valence-electron chi connectivity index (χ1n) is 16.1. The highest BCUT2D eigenvalue weighted by Crippen LogP contribution is 2.56. The van der Waals surface area contributed by atoms with Crippen molar-refractivity contribution >= 4 is 63.8 Å². The maximum absolute atomic E-state index is 2.43. The van der Waals surface area contributed by atoms with Crippen LogP contribution in [0.15, 0.2) is 146 Å². The Morgan fingerprint density at radius 3 is 1.59 bits per heavy atom. The van der Waals surface area contributed by atoms with E-state index in [4.69, 9.17) is 0 Å². The molecule has 0 N–H and O–H groups in total. The molecule has 10 rings (SSSR count). The first-order chi connectivity index (χ1) is 22.6. The average molecular weight is 603 g/mol. The van der Waals surface area contributed by atoms with Gasteiger partial charge in [-0.2, -0.15) is 0 Å². The Bertz CT molecular complexity index is 2660. The van der Waals surface area contributed by atoms with Gasteiger partial charge < -0.3 is 0 Å². The van der Waals surface area contributed by atoms with E-state index in [1.165, 1.54) is 97.0 Å². The molecule has 9 aromatic rings. The van der Waals surface area contributed by atoms with Crippen LogP contribution in [-0.2, 0) is 5.41 Å². The minimum Gasteiger partial charge on any atom is -0.135 e. The maximum Gasteiger partial charge on any atom is 0.0434 e. The van der Waals surface area contributed by atoms with Gasteiger partial charge in [0.1, 0.15) is 0 Å². The summed E-state index contributed by atoms with van der Waals surface area (Å²) in [6.07, 6.45) is 0. The van der Waals surface area contributed by atoms with E-state index in [1.807, 2.05) is 11.3 Å². The minimum atomic E-state index is -0.161. The van der Waals surface area contributed by atoms with Crippen molar-refractivity contribution in [2.75, 3.05) is 0 Å². The molecule has 1 aromatic heterocycles. The van der Waals surface area contributed by atoms with Gasteiger partial charge in [0, 0.05) is 31.2 Å². The lowest BCUT2D eigenvalue weighted by atomic mass is 9.76. The van der Waals surface area contributed by atoms with Crippen LogP contribution in [0.5, 0.6) is 0 Å². The van der Waals surface area contributed by atoms with Crippen molar-refractivity contribution in [3.8, 4) is 33.4 Å². The van der Waals surface area contributed by atoms with Crippen LogP contribution >= 0.6 is 11.3 Å². The van der Waals surface area contributed by atoms with Crippen LogP contribution in [0.25, 0.3) is 85.9 Å². The molecule has 0 atom stereocenters. The van der Waals surface area contributed by atoms with E-state index in [2.05, 4.69) is 159 Å². The van der Waals surface area contributed by atoms with E-state index in [0.717, 1.165) is 0 Å². The van der Waals surface area contributed by atoms with Crippen LogP contribution < -0.4 is 0 Å². The maximum atomic E-state index is 2.43. The topological polar surface area (TPSA) is 0 Å². The molecule has 0 aliphatic heterocycles. The van der Waals surface area contributed by atoms with Gasteiger partial charge in [-0.15, -0.1) is 11.3 Å². The molecule has 8 aromatic carbocycles. The molecule has 1 heteroatoms. The Hall–Kier alpha value is -5.24. The van der Waals surface area contributed by atoms with Gasteiger partial charge in [-0.3, -0.25) is 0 Å². The summed E-state index contributed by atoms with van der Waals surface area (Å²) in [7, 11) is 0. The Balaban J connectivity index is 1.33. The molecule has 0 saturated heterocycles.